The predicted octanol–water partition coefficient (Wildman–Crippen LogP) is 0.565. The van der Waals surface area contributed by atoms with Gasteiger partial charge in [0.05, 0.1) is 11.4 Å². The van der Waals surface area contributed by atoms with Crippen LogP contribution in [0.1, 0.15) is 13.3 Å². The maximum atomic E-state index is 12.6. The Balaban J connectivity index is 2.34. The first-order valence-corrected chi connectivity index (χ1v) is 8.33. The summed E-state index contributed by atoms with van der Waals surface area (Å²) in [5.41, 5.74) is 10.6. The molecule has 1 aromatic carbocycles. The third-order valence-corrected chi connectivity index (χ3v) is 4.82. The van der Waals surface area contributed by atoms with Crippen LogP contribution in [0.4, 0.5) is 0 Å². The monoisotopic (exact) mass is 321 g/mol. The molecule has 118 valence electrons. The highest BCUT2D eigenvalue weighted by atomic mass is 32.2. The summed E-state index contributed by atoms with van der Waals surface area (Å²) in [6.45, 7) is 2.06. The number of nitrogens with one attached hydrogen (secondary N) is 1. The minimum absolute atomic E-state index is 0.0612. The number of benzene rings is 1. The van der Waals surface area contributed by atoms with Gasteiger partial charge in [-0.3, -0.25) is 9.98 Å². The van der Waals surface area contributed by atoms with Gasteiger partial charge in [0.2, 0.25) is 10.0 Å². The molecule has 7 nitrogen and oxygen atoms in total. The molecule has 0 aliphatic carbocycles. The number of guanidine groups is 1. The summed E-state index contributed by atoms with van der Waals surface area (Å²) in [6, 6.07) is 6.39. The van der Waals surface area contributed by atoms with E-state index < -0.39 is 10.0 Å². The number of rotatable bonds is 6. The van der Waals surface area contributed by atoms with Gasteiger partial charge in [-0.25, -0.2) is 13.1 Å². The van der Waals surface area contributed by atoms with Crippen molar-refractivity contribution in [2.45, 2.75) is 24.3 Å². The SMILES string of the molecule is CCC(CN=C(N)N)NS(=O)(=O)c1cccc2cnccc12. The highest BCUT2D eigenvalue weighted by Gasteiger charge is 2.21. The number of nitrogens with zero attached hydrogens (tertiary/aromatic N) is 2. The number of aliphatic imine (C=N–C) groups is 1. The van der Waals surface area contributed by atoms with Crippen molar-refractivity contribution in [1.82, 2.24) is 9.71 Å². The van der Waals surface area contributed by atoms with Crippen LogP contribution in [0.2, 0.25) is 0 Å². The van der Waals surface area contributed by atoms with Gasteiger partial charge in [-0.15, -0.1) is 0 Å². The van der Waals surface area contributed by atoms with E-state index in [0.29, 0.717) is 11.8 Å². The fraction of sp³-hybridized carbons (Fsp3) is 0.286. The molecule has 2 aromatic rings. The number of nitrogens with two attached hydrogens (primary N) is 2. The van der Waals surface area contributed by atoms with Gasteiger partial charge < -0.3 is 11.5 Å². The Hall–Kier alpha value is -2.19. The zero-order valence-electron chi connectivity index (χ0n) is 12.2. The highest BCUT2D eigenvalue weighted by Crippen LogP contribution is 2.22. The molecule has 0 saturated heterocycles. The lowest BCUT2D eigenvalue weighted by atomic mass is 10.2. The summed E-state index contributed by atoms with van der Waals surface area (Å²) in [5.74, 6) is -0.0612. The van der Waals surface area contributed by atoms with Crippen molar-refractivity contribution in [3.63, 3.8) is 0 Å². The van der Waals surface area contributed by atoms with Crippen LogP contribution in [-0.2, 0) is 10.0 Å². The number of hydrogen-bond acceptors (Lipinski definition) is 4. The molecule has 0 amide bonds. The van der Waals surface area contributed by atoms with Crippen LogP contribution in [0.15, 0.2) is 46.5 Å². The summed E-state index contributed by atoms with van der Waals surface area (Å²) < 4.78 is 27.9. The summed E-state index contributed by atoms with van der Waals surface area (Å²) in [7, 11) is -3.67. The molecule has 1 atom stereocenters. The van der Waals surface area contributed by atoms with Crippen LogP contribution in [0.5, 0.6) is 0 Å². The molecule has 0 spiro atoms. The van der Waals surface area contributed by atoms with Gasteiger partial charge in [-0.2, -0.15) is 0 Å². The molecule has 8 heteroatoms. The maximum absolute atomic E-state index is 12.6. The average molecular weight is 321 g/mol. The number of aromatic nitrogens is 1. The van der Waals surface area contributed by atoms with Gasteiger partial charge >= 0.3 is 0 Å². The Morgan fingerprint density at radius 1 is 1.36 bits per heavy atom. The van der Waals surface area contributed by atoms with Crippen molar-refractivity contribution < 1.29 is 8.42 Å². The average Bonchev–Trinajstić information content (AvgIpc) is 2.50. The standard InChI is InChI=1S/C14H19N5O2S/c1-2-11(9-18-14(15)16)19-22(20,21)13-5-3-4-10-8-17-7-6-12(10)13/h3-8,11,19H,2,9H2,1H3,(H4,15,16,18). The zero-order chi connectivity index (χ0) is 16.2. The molecule has 0 saturated carbocycles. The number of sulfonamides is 1. The predicted molar refractivity (Wildman–Crippen MR) is 86.8 cm³/mol. The van der Waals surface area contributed by atoms with Gasteiger partial charge in [0.15, 0.2) is 5.96 Å². The quantitative estimate of drug-likeness (QED) is 0.530. The smallest absolute Gasteiger partial charge is 0.241 e. The molecule has 5 N–H and O–H groups in total. The molecule has 1 heterocycles. The van der Waals surface area contributed by atoms with E-state index in [4.69, 9.17) is 11.5 Å². The van der Waals surface area contributed by atoms with E-state index in [1.807, 2.05) is 13.0 Å². The molecule has 1 unspecified atom stereocenters. The van der Waals surface area contributed by atoms with Crippen molar-refractivity contribution in [3.8, 4) is 0 Å². The van der Waals surface area contributed by atoms with E-state index in [9.17, 15) is 8.42 Å². The van der Waals surface area contributed by atoms with Crippen LogP contribution < -0.4 is 16.2 Å². The second-order valence-electron chi connectivity index (χ2n) is 4.84. The lowest BCUT2D eigenvalue weighted by Gasteiger charge is -2.16. The van der Waals surface area contributed by atoms with Crippen molar-refractivity contribution in [3.05, 3.63) is 36.7 Å². The fourth-order valence-electron chi connectivity index (χ4n) is 2.08. The van der Waals surface area contributed by atoms with E-state index in [1.54, 1.807) is 30.6 Å². The van der Waals surface area contributed by atoms with Crippen molar-refractivity contribution in [2.75, 3.05) is 6.54 Å². The molecule has 0 aliphatic heterocycles. The first-order chi connectivity index (χ1) is 10.4. The van der Waals surface area contributed by atoms with Gasteiger partial charge in [-0.05, 0) is 18.6 Å². The molecule has 1 aromatic heterocycles. The van der Waals surface area contributed by atoms with E-state index in [1.165, 1.54) is 0 Å². The zero-order valence-corrected chi connectivity index (χ0v) is 13.0. The largest absolute Gasteiger partial charge is 0.370 e. The van der Waals surface area contributed by atoms with Gasteiger partial charge in [0.25, 0.3) is 0 Å². The van der Waals surface area contributed by atoms with Crippen molar-refractivity contribution in [2.24, 2.45) is 16.5 Å². The number of hydrogen-bond donors (Lipinski definition) is 3. The van der Waals surface area contributed by atoms with Crippen LogP contribution in [0.3, 0.4) is 0 Å². The molecule has 22 heavy (non-hydrogen) atoms. The third-order valence-electron chi connectivity index (χ3n) is 3.24. The highest BCUT2D eigenvalue weighted by molar-refractivity contribution is 7.89. The molecular formula is C14H19N5O2S. The second kappa shape index (κ2) is 6.71. The minimum atomic E-state index is -3.67. The van der Waals surface area contributed by atoms with Gasteiger partial charge in [0.1, 0.15) is 0 Å². The molecule has 0 aliphatic rings. The Morgan fingerprint density at radius 3 is 2.82 bits per heavy atom. The summed E-state index contributed by atoms with van der Waals surface area (Å²) >= 11 is 0. The molecule has 2 rings (SSSR count). The van der Waals surface area contributed by atoms with Gasteiger partial charge in [-0.1, -0.05) is 19.1 Å². The third kappa shape index (κ3) is 3.71. The first-order valence-electron chi connectivity index (χ1n) is 6.84. The van der Waals surface area contributed by atoms with Gasteiger partial charge in [0, 0.05) is 29.2 Å². The minimum Gasteiger partial charge on any atom is -0.370 e. The maximum Gasteiger partial charge on any atom is 0.241 e. The Bertz CT molecular complexity index is 779. The fourth-order valence-corrected chi connectivity index (χ4v) is 3.62. The van der Waals surface area contributed by atoms with Crippen LogP contribution in [0.25, 0.3) is 10.8 Å². The van der Waals surface area contributed by atoms with E-state index in [2.05, 4.69) is 14.7 Å². The number of fused-ring (bicyclic) bond motifs is 1. The summed E-state index contributed by atoms with van der Waals surface area (Å²) in [4.78, 5) is 8.09. The van der Waals surface area contributed by atoms with Crippen LogP contribution in [0, 0.1) is 0 Å². The molecule has 0 fully saturated rings. The lowest BCUT2D eigenvalue weighted by molar-refractivity contribution is 0.543. The van der Waals surface area contributed by atoms with E-state index in [0.717, 1.165) is 5.39 Å². The van der Waals surface area contributed by atoms with Crippen LogP contribution in [-0.4, -0.2) is 31.9 Å². The van der Waals surface area contributed by atoms with Crippen LogP contribution >= 0.6 is 0 Å². The Labute approximate surface area is 129 Å². The lowest BCUT2D eigenvalue weighted by Crippen LogP contribution is -2.37. The molecular weight excluding hydrogens is 302 g/mol. The van der Waals surface area contributed by atoms with E-state index >= 15 is 0 Å². The Kier molecular flexibility index (Phi) is 4.94. The molecule has 0 radical (unpaired) electrons. The first kappa shape index (κ1) is 16.2. The van der Waals surface area contributed by atoms with Crippen molar-refractivity contribution >= 4 is 26.8 Å². The second-order valence-corrected chi connectivity index (χ2v) is 6.53. The number of pyridine rings is 1. The van der Waals surface area contributed by atoms with E-state index in [-0.39, 0.29) is 23.4 Å². The topological polar surface area (TPSA) is 123 Å². The Morgan fingerprint density at radius 2 is 2.14 bits per heavy atom. The normalized spacial score (nSPS) is 13.0. The van der Waals surface area contributed by atoms with Crippen molar-refractivity contribution in [1.29, 1.82) is 0 Å². The summed E-state index contributed by atoms with van der Waals surface area (Å²) in [5, 5.41) is 1.39. The molecule has 0 bridgehead atoms. The summed E-state index contributed by atoms with van der Waals surface area (Å²) in [6.07, 6.45) is 3.77.